The second-order valence-electron chi connectivity index (χ2n) is 4.89. The number of benzene rings is 2. The summed E-state index contributed by atoms with van der Waals surface area (Å²) in [5.41, 5.74) is 4.87. The summed E-state index contributed by atoms with van der Waals surface area (Å²) < 4.78 is 24.7. The van der Waals surface area contributed by atoms with Gasteiger partial charge in [0, 0.05) is 17.1 Å². The lowest BCUT2D eigenvalue weighted by Crippen LogP contribution is -2.09. The minimum Gasteiger partial charge on any atom is -0.355 e. The van der Waals surface area contributed by atoms with E-state index in [4.69, 9.17) is 0 Å². The molecule has 0 spiro atoms. The van der Waals surface area contributed by atoms with Gasteiger partial charge in [-0.1, -0.05) is 12.1 Å². The largest absolute Gasteiger partial charge is 0.355 e. The number of rotatable bonds is 4. The zero-order chi connectivity index (χ0) is 14.8. The zero-order valence-electron chi connectivity index (χ0n) is 11.8. The molecule has 0 atom stereocenters. The molecule has 2 aromatic carbocycles. The van der Waals surface area contributed by atoms with Gasteiger partial charge in [-0.15, -0.1) is 0 Å². The summed E-state index contributed by atoms with van der Waals surface area (Å²) in [5.74, 6) is 0. The van der Waals surface area contributed by atoms with E-state index in [1.54, 1.807) is 12.1 Å². The lowest BCUT2D eigenvalue weighted by atomic mass is 10.1. The smallest absolute Gasteiger partial charge is 0.229 e. The lowest BCUT2D eigenvalue weighted by molar-refractivity contribution is 0.607. The molecular weight excluding hydrogens is 272 g/mol. The second kappa shape index (κ2) is 5.54. The lowest BCUT2D eigenvalue weighted by Gasteiger charge is -2.11. The number of anilines is 3. The highest BCUT2D eigenvalue weighted by atomic mass is 32.2. The molecule has 0 heterocycles. The normalized spacial score (nSPS) is 11.2. The van der Waals surface area contributed by atoms with Crippen molar-refractivity contribution in [3.05, 3.63) is 53.6 Å². The van der Waals surface area contributed by atoms with Crippen LogP contribution in [-0.2, 0) is 10.0 Å². The van der Waals surface area contributed by atoms with Gasteiger partial charge in [0.2, 0.25) is 10.0 Å². The van der Waals surface area contributed by atoms with Crippen LogP contribution in [0.2, 0.25) is 0 Å². The summed E-state index contributed by atoms with van der Waals surface area (Å²) in [4.78, 5) is 0. The van der Waals surface area contributed by atoms with Crippen molar-refractivity contribution in [1.29, 1.82) is 0 Å². The summed E-state index contributed by atoms with van der Waals surface area (Å²) in [6, 6.07) is 13.4. The van der Waals surface area contributed by atoms with Crippen molar-refractivity contribution >= 4 is 27.1 Å². The van der Waals surface area contributed by atoms with Gasteiger partial charge in [0.1, 0.15) is 0 Å². The van der Waals surface area contributed by atoms with Gasteiger partial charge < -0.3 is 5.32 Å². The average Bonchev–Trinajstić information content (AvgIpc) is 2.34. The van der Waals surface area contributed by atoms with E-state index < -0.39 is 10.0 Å². The number of aryl methyl sites for hydroxylation is 2. The Balaban J connectivity index is 2.17. The summed E-state index contributed by atoms with van der Waals surface area (Å²) in [6.45, 7) is 4.09. The molecule has 0 aliphatic rings. The van der Waals surface area contributed by atoms with Crippen LogP contribution in [-0.4, -0.2) is 14.7 Å². The molecule has 0 saturated heterocycles. The van der Waals surface area contributed by atoms with Crippen molar-refractivity contribution in [3.63, 3.8) is 0 Å². The highest BCUT2D eigenvalue weighted by Crippen LogP contribution is 2.23. The Morgan fingerprint density at radius 2 is 1.50 bits per heavy atom. The molecule has 0 aromatic heterocycles. The van der Waals surface area contributed by atoms with Crippen LogP contribution in [0.5, 0.6) is 0 Å². The van der Waals surface area contributed by atoms with Gasteiger partial charge in [0.15, 0.2) is 0 Å². The highest BCUT2D eigenvalue weighted by Gasteiger charge is 2.03. The molecule has 106 valence electrons. The summed E-state index contributed by atoms with van der Waals surface area (Å²) in [7, 11) is -3.23. The molecule has 0 fully saturated rings. The van der Waals surface area contributed by atoms with Crippen molar-refractivity contribution < 1.29 is 8.42 Å². The molecule has 0 saturated carbocycles. The van der Waals surface area contributed by atoms with Crippen LogP contribution >= 0.6 is 0 Å². The molecule has 20 heavy (non-hydrogen) atoms. The number of nitrogens with one attached hydrogen (secondary N) is 2. The third-order valence-corrected chi connectivity index (χ3v) is 3.47. The first-order valence-electron chi connectivity index (χ1n) is 6.26. The van der Waals surface area contributed by atoms with E-state index in [1.807, 2.05) is 26.0 Å². The maximum Gasteiger partial charge on any atom is 0.229 e. The third kappa shape index (κ3) is 3.99. The Morgan fingerprint density at radius 1 is 0.900 bits per heavy atom. The molecule has 5 heteroatoms. The average molecular weight is 290 g/mol. The maximum atomic E-state index is 11.1. The fraction of sp³-hybridized carbons (Fsp3) is 0.200. The van der Waals surface area contributed by atoms with Gasteiger partial charge in [0.25, 0.3) is 0 Å². The highest BCUT2D eigenvalue weighted by molar-refractivity contribution is 7.92. The first kappa shape index (κ1) is 14.4. The summed E-state index contributed by atoms with van der Waals surface area (Å²) >= 11 is 0. The Hall–Kier alpha value is -2.01. The summed E-state index contributed by atoms with van der Waals surface area (Å²) in [6.07, 6.45) is 1.13. The molecule has 2 aromatic rings. The zero-order valence-corrected chi connectivity index (χ0v) is 12.6. The monoisotopic (exact) mass is 290 g/mol. The molecular formula is C15H18N2O2S. The van der Waals surface area contributed by atoms with Crippen LogP contribution in [0.25, 0.3) is 0 Å². The van der Waals surface area contributed by atoms with Crippen molar-refractivity contribution in [3.8, 4) is 0 Å². The molecule has 0 aliphatic carbocycles. The van der Waals surface area contributed by atoms with Crippen LogP contribution in [0.3, 0.4) is 0 Å². The molecule has 4 nitrogen and oxygen atoms in total. The standard InChI is InChI=1S/C15H18N2O2S/c1-11-4-5-12(2)15(10-11)16-13-6-8-14(9-7-13)17-20(3,18)19/h4-10,16-17H,1-3H3. The molecule has 2 rings (SSSR count). The van der Waals surface area contributed by atoms with E-state index >= 15 is 0 Å². The summed E-state index contributed by atoms with van der Waals surface area (Å²) in [5, 5.41) is 3.33. The van der Waals surface area contributed by atoms with Crippen molar-refractivity contribution in [2.45, 2.75) is 13.8 Å². The first-order chi connectivity index (χ1) is 9.33. The fourth-order valence-corrected chi connectivity index (χ4v) is 2.43. The van der Waals surface area contributed by atoms with Crippen molar-refractivity contribution in [1.82, 2.24) is 0 Å². The first-order valence-corrected chi connectivity index (χ1v) is 8.15. The molecule has 0 unspecified atom stereocenters. The van der Waals surface area contributed by atoms with Crippen LogP contribution in [0.4, 0.5) is 17.1 Å². The minimum absolute atomic E-state index is 0.555. The maximum absolute atomic E-state index is 11.1. The minimum atomic E-state index is -3.23. The van der Waals surface area contributed by atoms with E-state index in [2.05, 4.69) is 28.2 Å². The predicted octanol–water partition coefficient (Wildman–Crippen LogP) is 3.42. The van der Waals surface area contributed by atoms with E-state index in [9.17, 15) is 8.42 Å². The van der Waals surface area contributed by atoms with Crippen LogP contribution in [0.15, 0.2) is 42.5 Å². The van der Waals surface area contributed by atoms with Gasteiger partial charge in [-0.05, 0) is 55.3 Å². The Bertz CT molecular complexity index is 707. The number of sulfonamides is 1. The number of hydrogen-bond acceptors (Lipinski definition) is 3. The van der Waals surface area contributed by atoms with Gasteiger partial charge in [-0.3, -0.25) is 4.72 Å². The molecule has 2 N–H and O–H groups in total. The van der Waals surface area contributed by atoms with Gasteiger partial charge in [-0.2, -0.15) is 0 Å². The van der Waals surface area contributed by atoms with E-state index in [0.717, 1.165) is 23.2 Å². The van der Waals surface area contributed by atoms with Gasteiger partial charge in [0.05, 0.1) is 6.26 Å². The molecule has 0 aliphatic heterocycles. The van der Waals surface area contributed by atoms with Crippen LogP contribution < -0.4 is 10.0 Å². The molecule has 0 bridgehead atoms. The van der Waals surface area contributed by atoms with Crippen molar-refractivity contribution in [2.24, 2.45) is 0 Å². The van der Waals surface area contributed by atoms with Crippen molar-refractivity contribution in [2.75, 3.05) is 16.3 Å². The van der Waals surface area contributed by atoms with Gasteiger partial charge in [-0.25, -0.2) is 8.42 Å². The van der Waals surface area contributed by atoms with Gasteiger partial charge >= 0.3 is 0 Å². The quantitative estimate of drug-likeness (QED) is 0.907. The van der Waals surface area contributed by atoms with Crippen LogP contribution in [0.1, 0.15) is 11.1 Å². The second-order valence-corrected chi connectivity index (χ2v) is 6.64. The Labute approximate surface area is 119 Å². The van der Waals surface area contributed by atoms with E-state index in [1.165, 1.54) is 5.56 Å². The Kier molecular flexibility index (Phi) is 3.99. The topological polar surface area (TPSA) is 58.2 Å². The Morgan fingerprint density at radius 3 is 2.10 bits per heavy atom. The van der Waals surface area contributed by atoms with E-state index in [-0.39, 0.29) is 0 Å². The van der Waals surface area contributed by atoms with E-state index in [0.29, 0.717) is 5.69 Å². The molecule has 0 amide bonds. The number of hydrogen-bond donors (Lipinski definition) is 2. The van der Waals surface area contributed by atoms with Crippen LogP contribution in [0, 0.1) is 13.8 Å². The predicted molar refractivity (Wildman–Crippen MR) is 84.1 cm³/mol. The fourth-order valence-electron chi connectivity index (χ4n) is 1.86. The SMILES string of the molecule is Cc1ccc(C)c(Nc2ccc(NS(C)(=O)=O)cc2)c1. The molecule has 0 radical (unpaired) electrons. The third-order valence-electron chi connectivity index (χ3n) is 2.86.